The van der Waals surface area contributed by atoms with Crippen molar-refractivity contribution in [1.82, 2.24) is 20.6 Å². The lowest BCUT2D eigenvalue weighted by atomic mass is 9.87. The molecule has 0 spiro atoms. The number of benzene rings is 1. The summed E-state index contributed by atoms with van der Waals surface area (Å²) in [7, 11) is 1.83. The van der Waals surface area contributed by atoms with E-state index in [2.05, 4.69) is 41.4 Å². The number of piperidine rings is 1. The SMILES string of the molecule is CNC1(CNC(=O)c2ccc(F)cc2F)CCN(c2ncnc(N)c2Br)CC1. The Morgan fingerprint density at radius 1 is 1.32 bits per heavy atom. The number of carbonyl (C=O) groups excluding carboxylic acids is 1. The number of nitrogen functional groups attached to an aromatic ring is 1. The van der Waals surface area contributed by atoms with Crippen molar-refractivity contribution < 1.29 is 13.6 Å². The molecule has 4 N–H and O–H groups in total. The van der Waals surface area contributed by atoms with E-state index in [1.165, 1.54) is 6.33 Å². The highest BCUT2D eigenvalue weighted by Crippen LogP contribution is 2.31. The lowest BCUT2D eigenvalue weighted by Gasteiger charge is -2.42. The van der Waals surface area contributed by atoms with Crippen LogP contribution in [0.5, 0.6) is 0 Å². The zero-order chi connectivity index (χ0) is 20.3. The standard InChI is InChI=1S/C18H21BrF2N6O/c1-23-18(9-24-17(28)12-3-2-11(20)8-13(12)21)4-6-27(7-5-18)16-14(19)15(22)25-10-26-16/h2-3,8,10,23H,4-7,9H2,1H3,(H,24,28)(H2,22,25,26). The van der Waals surface area contributed by atoms with Gasteiger partial charge in [0.2, 0.25) is 0 Å². The molecule has 0 unspecified atom stereocenters. The van der Waals surface area contributed by atoms with Crippen LogP contribution < -0.4 is 21.3 Å². The van der Waals surface area contributed by atoms with E-state index in [4.69, 9.17) is 5.73 Å². The maximum absolute atomic E-state index is 13.8. The molecular weight excluding hydrogens is 434 g/mol. The molecule has 0 atom stereocenters. The average Bonchev–Trinajstić information content (AvgIpc) is 2.69. The van der Waals surface area contributed by atoms with Gasteiger partial charge in [0, 0.05) is 31.2 Å². The van der Waals surface area contributed by atoms with Crippen molar-refractivity contribution in [3.63, 3.8) is 0 Å². The summed E-state index contributed by atoms with van der Waals surface area (Å²) in [5.41, 5.74) is 5.31. The predicted octanol–water partition coefficient (Wildman–Crippen LogP) is 2.09. The fourth-order valence-corrected chi connectivity index (χ4v) is 3.73. The van der Waals surface area contributed by atoms with Crippen LogP contribution in [0, 0.1) is 11.6 Å². The summed E-state index contributed by atoms with van der Waals surface area (Å²) in [4.78, 5) is 22.6. The largest absolute Gasteiger partial charge is 0.383 e. The summed E-state index contributed by atoms with van der Waals surface area (Å²) < 4.78 is 27.5. The molecule has 0 saturated carbocycles. The Hall–Kier alpha value is -2.33. The molecule has 1 aromatic heterocycles. The number of anilines is 2. The summed E-state index contributed by atoms with van der Waals surface area (Å²) in [6.07, 6.45) is 2.88. The zero-order valence-electron chi connectivity index (χ0n) is 15.3. The van der Waals surface area contributed by atoms with Gasteiger partial charge in [-0.1, -0.05) is 0 Å². The molecule has 28 heavy (non-hydrogen) atoms. The number of hydrogen-bond donors (Lipinski definition) is 3. The number of nitrogens with zero attached hydrogens (tertiary/aromatic N) is 3. The topological polar surface area (TPSA) is 96.2 Å². The third kappa shape index (κ3) is 4.22. The minimum absolute atomic E-state index is 0.175. The number of nitrogens with one attached hydrogen (secondary N) is 2. The fraction of sp³-hybridized carbons (Fsp3) is 0.389. The van der Waals surface area contributed by atoms with Crippen molar-refractivity contribution in [2.24, 2.45) is 0 Å². The van der Waals surface area contributed by atoms with E-state index >= 15 is 0 Å². The van der Waals surface area contributed by atoms with Gasteiger partial charge in [-0.05, 0) is 48.0 Å². The molecule has 2 heterocycles. The maximum atomic E-state index is 13.8. The molecule has 3 rings (SSSR count). The lowest BCUT2D eigenvalue weighted by Crippen LogP contribution is -2.58. The third-order valence-corrected chi connectivity index (χ3v) is 5.87. The minimum Gasteiger partial charge on any atom is -0.383 e. The van der Waals surface area contributed by atoms with Crippen LogP contribution in [0.15, 0.2) is 29.0 Å². The van der Waals surface area contributed by atoms with E-state index in [1.807, 2.05) is 7.05 Å². The third-order valence-electron chi connectivity index (χ3n) is 5.11. The second-order valence-electron chi connectivity index (χ2n) is 6.72. The number of halogens is 3. The normalized spacial score (nSPS) is 16.1. The molecule has 1 amide bonds. The predicted molar refractivity (Wildman–Crippen MR) is 106 cm³/mol. The van der Waals surface area contributed by atoms with Gasteiger partial charge in [0.15, 0.2) is 0 Å². The van der Waals surface area contributed by atoms with Gasteiger partial charge in [-0.2, -0.15) is 0 Å². The van der Waals surface area contributed by atoms with Crippen LogP contribution in [0.2, 0.25) is 0 Å². The number of aromatic nitrogens is 2. The van der Waals surface area contributed by atoms with Crippen LogP contribution in [0.25, 0.3) is 0 Å². The first-order valence-corrected chi connectivity index (χ1v) is 9.57. The first kappa shape index (κ1) is 20.4. The molecule has 1 saturated heterocycles. The molecule has 1 fully saturated rings. The van der Waals surface area contributed by atoms with Crippen molar-refractivity contribution in [3.05, 3.63) is 46.2 Å². The smallest absolute Gasteiger partial charge is 0.254 e. The number of carbonyl (C=O) groups is 1. The highest BCUT2D eigenvalue weighted by atomic mass is 79.9. The second kappa shape index (κ2) is 8.36. The van der Waals surface area contributed by atoms with Crippen LogP contribution in [0.1, 0.15) is 23.2 Å². The van der Waals surface area contributed by atoms with E-state index in [9.17, 15) is 13.6 Å². The second-order valence-corrected chi connectivity index (χ2v) is 7.51. The quantitative estimate of drug-likeness (QED) is 0.639. The van der Waals surface area contributed by atoms with Gasteiger partial charge in [-0.3, -0.25) is 4.79 Å². The van der Waals surface area contributed by atoms with E-state index in [1.54, 1.807) is 0 Å². The van der Waals surface area contributed by atoms with Gasteiger partial charge in [-0.25, -0.2) is 18.7 Å². The van der Waals surface area contributed by atoms with Gasteiger partial charge in [0.05, 0.1) is 5.56 Å². The summed E-state index contributed by atoms with van der Waals surface area (Å²) in [6, 6.07) is 2.91. The van der Waals surface area contributed by atoms with Crippen molar-refractivity contribution >= 4 is 33.5 Å². The van der Waals surface area contributed by atoms with Gasteiger partial charge >= 0.3 is 0 Å². The van der Waals surface area contributed by atoms with Crippen LogP contribution in [-0.2, 0) is 0 Å². The first-order valence-electron chi connectivity index (χ1n) is 8.78. The van der Waals surface area contributed by atoms with Crippen LogP contribution in [0.3, 0.4) is 0 Å². The highest BCUT2D eigenvalue weighted by molar-refractivity contribution is 9.10. The van der Waals surface area contributed by atoms with E-state index < -0.39 is 17.5 Å². The number of hydrogen-bond acceptors (Lipinski definition) is 6. The van der Waals surface area contributed by atoms with Crippen molar-refractivity contribution in [3.8, 4) is 0 Å². The molecule has 1 aromatic carbocycles. The summed E-state index contributed by atoms with van der Waals surface area (Å²) >= 11 is 3.42. The van der Waals surface area contributed by atoms with Crippen LogP contribution >= 0.6 is 15.9 Å². The zero-order valence-corrected chi connectivity index (χ0v) is 16.9. The van der Waals surface area contributed by atoms with Crippen LogP contribution in [-0.4, -0.2) is 48.1 Å². The van der Waals surface area contributed by atoms with Gasteiger partial charge in [0.1, 0.15) is 34.1 Å². The molecule has 150 valence electrons. The minimum atomic E-state index is -0.878. The van der Waals surface area contributed by atoms with Gasteiger partial charge in [0.25, 0.3) is 5.91 Å². The Kier molecular flexibility index (Phi) is 6.09. The lowest BCUT2D eigenvalue weighted by molar-refractivity contribution is 0.0930. The Bertz CT molecular complexity index is 873. The fourth-order valence-electron chi connectivity index (χ4n) is 3.27. The van der Waals surface area contributed by atoms with Crippen LogP contribution in [0.4, 0.5) is 20.4 Å². The Balaban J connectivity index is 1.64. The maximum Gasteiger partial charge on any atom is 0.254 e. The molecular formula is C18H21BrF2N6O. The molecule has 10 heteroatoms. The van der Waals surface area contributed by atoms with Crippen molar-refractivity contribution in [2.45, 2.75) is 18.4 Å². The summed E-state index contributed by atoms with van der Waals surface area (Å²) in [5.74, 6) is -1.05. The molecule has 0 aliphatic carbocycles. The Labute approximate surface area is 169 Å². The monoisotopic (exact) mass is 454 g/mol. The molecule has 0 bridgehead atoms. The summed E-state index contributed by atoms with van der Waals surface area (Å²) in [5, 5.41) is 6.04. The Morgan fingerprint density at radius 3 is 2.68 bits per heavy atom. The van der Waals surface area contributed by atoms with Gasteiger partial charge in [-0.15, -0.1) is 0 Å². The Morgan fingerprint density at radius 2 is 2.04 bits per heavy atom. The van der Waals surface area contributed by atoms with E-state index in [0.29, 0.717) is 36.0 Å². The molecule has 1 aliphatic heterocycles. The van der Waals surface area contributed by atoms with Gasteiger partial charge < -0.3 is 21.3 Å². The molecule has 1 aliphatic rings. The number of rotatable bonds is 5. The van der Waals surface area contributed by atoms with Crippen molar-refractivity contribution in [1.29, 1.82) is 0 Å². The molecule has 0 radical (unpaired) electrons. The number of nitrogens with two attached hydrogens (primary N) is 1. The first-order chi connectivity index (χ1) is 13.3. The van der Waals surface area contributed by atoms with E-state index in [-0.39, 0.29) is 11.1 Å². The molecule has 7 nitrogen and oxygen atoms in total. The number of amides is 1. The summed E-state index contributed by atoms with van der Waals surface area (Å²) in [6.45, 7) is 1.70. The molecule has 2 aromatic rings. The number of likely N-dealkylation sites (N-methyl/N-ethyl adjacent to an activating group) is 1. The average molecular weight is 455 g/mol. The highest BCUT2D eigenvalue weighted by Gasteiger charge is 2.34. The van der Waals surface area contributed by atoms with E-state index in [0.717, 1.165) is 30.8 Å². The van der Waals surface area contributed by atoms with Crippen molar-refractivity contribution in [2.75, 3.05) is 37.3 Å².